The van der Waals surface area contributed by atoms with Crippen LogP contribution in [0.25, 0.3) is 0 Å². The van der Waals surface area contributed by atoms with E-state index in [1.165, 1.54) is 0 Å². The van der Waals surface area contributed by atoms with E-state index in [0.717, 1.165) is 28.9 Å². The molecule has 2 rings (SSSR count). The quantitative estimate of drug-likeness (QED) is 0.622. The van der Waals surface area contributed by atoms with E-state index >= 15 is 0 Å². The van der Waals surface area contributed by atoms with Crippen molar-refractivity contribution in [2.75, 3.05) is 7.11 Å². The van der Waals surface area contributed by atoms with Crippen molar-refractivity contribution in [3.8, 4) is 11.5 Å². The normalized spacial score (nSPS) is 17.8. The molecule has 1 aromatic rings. The third kappa shape index (κ3) is 2.73. The van der Waals surface area contributed by atoms with Crippen LogP contribution in [-0.4, -0.2) is 19.2 Å². The average molecular weight is 264 g/mol. The second kappa shape index (κ2) is 5.61. The Kier molecular flexibility index (Phi) is 4.10. The minimum atomic E-state index is -0.231. The van der Waals surface area contributed by atoms with E-state index < -0.39 is 0 Å². The molecule has 0 aliphatic carbocycles. The van der Waals surface area contributed by atoms with Crippen molar-refractivity contribution in [2.45, 2.75) is 46.3 Å². The summed E-state index contributed by atoms with van der Waals surface area (Å²) >= 11 is 0. The van der Waals surface area contributed by atoms with Gasteiger partial charge in [0.2, 0.25) is 0 Å². The maximum atomic E-state index is 11.5. The molecular formula is C15H20O4. The lowest BCUT2D eigenvalue weighted by Crippen LogP contribution is -2.20. The SMILES string of the molecule is CCC(=O)Oc1cc2c(c(OC)c1C)COC(C)C2. The van der Waals surface area contributed by atoms with Crippen LogP contribution in [0.1, 0.15) is 37.0 Å². The van der Waals surface area contributed by atoms with Crippen LogP contribution in [0.15, 0.2) is 6.07 Å². The zero-order valence-corrected chi connectivity index (χ0v) is 11.9. The molecule has 4 heteroatoms. The van der Waals surface area contributed by atoms with Crippen LogP contribution in [0.3, 0.4) is 0 Å². The largest absolute Gasteiger partial charge is 0.496 e. The second-order valence-electron chi connectivity index (χ2n) is 4.82. The van der Waals surface area contributed by atoms with E-state index in [1.54, 1.807) is 14.0 Å². The molecule has 1 unspecified atom stereocenters. The van der Waals surface area contributed by atoms with Crippen LogP contribution in [0.5, 0.6) is 11.5 Å². The highest BCUT2D eigenvalue weighted by molar-refractivity contribution is 5.73. The van der Waals surface area contributed by atoms with E-state index in [0.29, 0.717) is 18.8 Å². The second-order valence-corrected chi connectivity index (χ2v) is 4.82. The maximum absolute atomic E-state index is 11.5. The summed E-state index contributed by atoms with van der Waals surface area (Å²) < 4.78 is 16.5. The molecule has 0 saturated carbocycles. The van der Waals surface area contributed by atoms with Gasteiger partial charge in [0.05, 0.1) is 19.8 Å². The lowest BCUT2D eigenvalue weighted by atomic mass is 9.95. The summed E-state index contributed by atoms with van der Waals surface area (Å²) in [6, 6.07) is 1.94. The molecule has 4 nitrogen and oxygen atoms in total. The highest BCUT2D eigenvalue weighted by Crippen LogP contribution is 2.38. The zero-order valence-electron chi connectivity index (χ0n) is 11.9. The first kappa shape index (κ1) is 13.9. The van der Waals surface area contributed by atoms with E-state index in [-0.39, 0.29) is 12.1 Å². The van der Waals surface area contributed by atoms with E-state index in [4.69, 9.17) is 14.2 Å². The van der Waals surface area contributed by atoms with Gasteiger partial charge in [0.15, 0.2) is 0 Å². The number of carbonyl (C=O) groups excluding carboxylic acids is 1. The number of carbonyl (C=O) groups is 1. The van der Waals surface area contributed by atoms with Crippen LogP contribution >= 0.6 is 0 Å². The van der Waals surface area contributed by atoms with Crippen LogP contribution in [0.4, 0.5) is 0 Å². The number of methoxy groups -OCH3 is 1. The number of esters is 1. The van der Waals surface area contributed by atoms with E-state index in [1.807, 2.05) is 19.9 Å². The number of fused-ring (bicyclic) bond motifs is 1. The van der Waals surface area contributed by atoms with Gasteiger partial charge in [0.25, 0.3) is 0 Å². The van der Waals surface area contributed by atoms with Gasteiger partial charge >= 0.3 is 5.97 Å². The molecule has 0 spiro atoms. The van der Waals surface area contributed by atoms with Gasteiger partial charge < -0.3 is 14.2 Å². The van der Waals surface area contributed by atoms with Crippen molar-refractivity contribution in [3.05, 3.63) is 22.8 Å². The Morgan fingerprint density at radius 1 is 1.53 bits per heavy atom. The van der Waals surface area contributed by atoms with Gasteiger partial charge in [-0.05, 0) is 31.9 Å². The minimum absolute atomic E-state index is 0.176. The van der Waals surface area contributed by atoms with Crippen molar-refractivity contribution in [1.29, 1.82) is 0 Å². The predicted molar refractivity (Wildman–Crippen MR) is 71.6 cm³/mol. The first-order valence-electron chi connectivity index (χ1n) is 6.58. The molecule has 0 aromatic heterocycles. The molecule has 0 fully saturated rings. The lowest BCUT2D eigenvalue weighted by molar-refractivity contribution is -0.134. The van der Waals surface area contributed by atoms with Crippen LogP contribution in [0.2, 0.25) is 0 Å². The van der Waals surface area contributed by atoms with Crippen LogP contribution < -0.4 is 9.47 Å². The molecule has 104 valence electrons. The summed E-state index contributed by atoms with van der Waals surface area (Å²) in [4.78, 5) is 11.5. The Balaban J connectivity index is 2.45. The molecule has 1 heterocycles. The lowest BCUT2D eigenvalue weighted by Gasteiger charge is -2.26. The van der Waals surface area contributed by atoms with Gasteiger partial charge in [-0.2, -0.15) is 0 Å². The zero-order chi connectivity index (χ0) is 14.0. The number of ether oxygens (including phenoxy) is 3. The number of benzene rings is 1. The summed E-state index contributed by atoms with van der Waals surface area (Å²) in [6.45, 7) is 6.26. The topological polar surface area (TPSA) is 44.8 Å². The van der Waals surface area contributed by atoms with Crippen molar-refractivity contribution < 1.29 is 19.0 Å². The summed E-state index contributed by atoms with van der Waals surface area (Å²) in [5, 5.41) is 0. The summed E-state index contributed by atoms with van der Waals surface area (Å²) in [5.41, 5.74) is 3.05. The smallest absolute Gasteiger partial charge is 0.310 e. The Hall–Kier alpha value is -1.55. The fourth-order valence-electron chi connectivity index (χ4n) is 2.35. The van der Waals surface area contributed by atoms with Crippen molar-refractivity contribution >= 4 is 5.97 Å². The highest BCUT2D eigenvalue weighted by Gasteiger charge is 2.23. The van der Waals surface area contributed by atoms with Gasteiger partial charge in [-0.15, -0.1) is 0 Å². The van der Waals surface area contributed by atoms with Crippen molar-refractivity contribution in [2.24, 2.45) is 0 Å². The molecule has 1 aliphatic heterocycles. The Labute approximate surface area is 113 Å². The fourth-order valence-corrected chi connectivity index (χ4v) is 2.35. The summed E-state index contributed by atoms with van der Waals surface area (Å²) in [6.07, 6.45) is 1.34. The number of hydrogen-bond donors (Lipinski definition) is 0. The predicted octanol–water partition coefficient (Wildman–Crippen LogP) is 2.78. The first-order valence-corrected chi connectivity index (χ1v) is 6.58. The molecule has 0 radical (unpaired) electrons. The van der Waals surface area contributed by atoms with Gasteiger partial charge in [0.1, 0.15) is 11.5 Å². The van der Waals surface area contributed by atoms with E-state index in [9.17, 15) is 4.79 Å². The van der Waals surface area contributed by atoms with Gasteiger partial charge in [-0.1, -0.05) is 6.92 Å². The van der Waals surface area contributed by atoms with Gasteiger partial charge in [-0.25, -0.2) is 0 Å². The first-order chi connectivity index (χ1) is 9.06. The van der Waals surface area contributed by atoms with Crippen LogP contribution in [-0.2, 0) is 22.6 Å². The van der Waals surface area contributed by atoms with Crippen LogP contribution in [0, 0.1) is 6.92 Å². The van der Waals surface area contributed by atoms with E-state index in [2.05, 4.69) is 0 Å². The molecular weight excluding hydrogens is 244 g/mol. The number of rotatable bonds is 3. The van der Waals surface area contributed by atoms with Crippen molar-refractivity contribution in [3.63, 3.8) is 0 Å². The van der Waals surface area contributed by atoms with Gasteiger partial charge in [0, 0.05) is 17.5 Å². The summed E-state index contributed by atoms with van der Waals surface area (Å²) in [5.74, 6) is 1.13. The standard InChI is InChI=1S/C15H20O4/c1-5-14(16)19-13-7-11-6-9(2)18-8-12(11)15(17-4)10(13)3/h7,9H,5-6,8H2,1-4H3. The average Bonchev–Trinajstić information content (AvgIpc) is 2.40. The minimum Gasteiger partial charge on any atom is -0.496 e. The molecule has 0 amide bonds. The monoisotopic (exact) mass is 264 g/mol. The molecule has 0 saturated heterocycles. The molecule has 1 atom stereocenters. The molecule has 1 aromatic carbocycles. The fraction of sp³-hybridized carbons (Fsp3) is 0.533. The maximum Gasteiger partial charge on any atom is 0.310 e. The van der Waals surface area contributed by atoms with Crippen molar-refractivity contribution in [1.82, 2.24) is 0 Å². The Morgan fingerprint density at radius 2 is 2.26 bits per heavy atom. The molecule has 0 bridgehead atoms. The summed E-state index contributed by atoms with van der Waals surface area (Å²) in [7, 11) is 1.63. The Morgan fingerprint density at radius 3 is 2.89 bits per heavy atom. The third-order valence-corrected chi connectivity index (χ3v) is 3.41. The Bertz CT molecular complexity index is 493. The van der Waals surface area contributed by atoms with Gasteiger partial charge in [-0.3, -0.25) is 4.79 Å². The number of hydrogen-bond acceptors (Lipinski definition) is 4. The third-order valence-electron chi connectivity index (χ3n) is 3.41. The highest BCUT2D eigenvalue weighted by atomic mass is 16.5. The molecule has 1 aliphatic rings. The molecule has 0 N–H and O–H groups in total. The molecule has 19 heavy (non-hydrogen) atoms.